The second kappa shape index (κ2) is 4.51. The molecule has 1 heteroatoms. The maximum atomic E-state index is 5.03. The van der Waals surface area contributed by atoms with Gasteiger partial charge in [0.2, 0.25) is 0 Å². The lowest BCUT2D eigenvalue weighted by Gasteiger charge is -1.89. The topological polar surface area (TPSA) is 12.5 Å². The SMILES string of the molecule is CCCCC/C=C/C1CO1. The zero-order valence-corrected chi connectivity index (χ0v) is 6.68. The Morgan fingerprint density at radius 2 is 2.30 bits per heavy atom. The molecule has 1 fully saturated rings. The molecule has 1 aliphatic rings. The molecule has 0 bridgehead atoms. The fourth-order valence-corrected chi connectivity index (χ4v) is 0.927. The van der Waals surface area contributed by atoms with Gasteiger partial charge in [0.1, 0.15) is 0 Å². The highest BCUT2D eigenvalue weighted by atomic mass is 16.6. The van der Waals surface area contributed by atoms with Crippen LogP contribution in [0.25, 0.3) is 0 Å². The Labute approximate surface area is 63.1 Å². The molecule has 1 rings (SSSR count). The summed E-state index contributed by atoms with van der Waals surface area (Å²) in [4.78, 5) is 0. The van der Waals surface area contributed by atoms with Crippen LogP contribution in [0.4, 0.5) is 0 Å². The second-order valence-corrected chi connectivity index (χ2v) is 2.80. The van der Waals surface area contributed by atoms with Crippen LogP contribution in [0.2, 0.25) is 0 Å². The van der Waals surface area contributed by atoms with E-state index in [0.717, 1.165) is 6.61 Å². The maximum Gasteiger partial charge on any atom is 0.0991 e. The lowest BCUT2D eigenvalue weighted by atomic mass is 10.2. The van der Waals surface area contributed by atoms with E-state index in [1.165, 1.54) is 25.7 Å². The van der Waals surface area contributed by atoms with E-state index >= 15 is 0 Å². The minimum Gasteiger partial charge on any atom is -0.369 e. The summed E-state index contributed by atoms with van der Waals surface area (Å²) in [5, 5.41) is 0. The van der Waals surface area contributed by atoms with Gasteiger partial charge in [-0.3, -0.25) is 0 Å². The minimum absolute atomic E-state index is 0.474. The van der Waals surface area contributed by atoms with Gasteiger partial charge in [0.25, 0.3) is 0 Å². The normalized spacial score (nSPS) is 23.9. The third-order valence-electron chi connectivity index (χ3n) is 1.68. The molecule has 0 radical (unpaired) electrons. The van der Waals surface area contributed by atoms with Crippen LogP contribution in [-0.2, 0) is 4.74 Å². The molecule has 0 aromatic carbocycles. The van der Waals surface area contributed by atoms with Crippen molar-refractivity contribution >= 4 is 0 Å². The Kier molecular flexibility index (Phi) is 3.52. The van der Waals surface area contributed by atoms with E-state index in [9.17, 15) is 0 Å². The van der Waals surface area contributed by atoms with Gasteiger partial charge in [0.05, 0.1) is 12.7 Å². The Morgan fingerprint density at radius 1 is 1.50 bits per heavy atom. The molecule has 1 atom stereocenters. The van der Waals surface area contributed by atoms with Gasteiger partial charge in [-0.05, 0) is 12.8 Å². The van der Waals surface area contributed by atoms with Crippen molar-refractivity contribution in [2.45, 2.75) is 38.7 Å². The summed E-state index contributed by atoms with van der Waals surface area (Å²) in [6.07, 6.45) is 10.1. The second-order valence-electron chi connectivity index (χ2n) is 2.80. The molecule has 0 aromatic rings. The molecule has 0 aromatic heterocycles. The molecule has 0 N–H and O–H groups in total. The molecule has 0 aliphatic carbocycles. The Hall–Kier alpha value is -0.300. The molecular weight excluding hydrogens is 124 g/mol. The van der Waals surface area contributed by atoms with Crippen LogP contribution in [0.5, 0.6) is 0 Å². The van der Waals surface area contributed by atoms with E-state index in [-0.39, 0.29) is 0 Å². The molecule has 10 heavy (non-hydrogen) atoms. The van der Waals surface area contributed by atoms with Crippen molar-refractivity contribution in [3.05, 3.63) is 12.2 Å². The highest BCUT2D eigenvalue weighted by Crippen LogP contribution is 2.10. The molecule has 0 saturated carbocycles. The summed E-state index contributed by atoms with van der Waals surface area (Å²) in [5.41, 5.74) is 0. The molecular formula is C9H16O. The van der Waals surface area contributed by atoms with E-state index in [1.807, 2.05) is 0 Å². The van der Waals surface area contributed by atoms with Gasteiger partial charge in [-0.25, -0.2) is 0 Å². The van der Waals surface area contributed by atoms with Crippen LogP contribution in [0, 0.1) is 0 Å². The lowest BCUT2D eigenvalue weighted by molar-refractivity contribution is 0.439. The quantitative estimate of drug-likeness (QED) is 0.325. The maximum absolute atomic E-state index is 5.03. The number of rotatable bonds is 5. The summed E-state index contributed by atoms with van der Waals surface area (Å²) in [7, 11) is 0. The number of ether oxygens (including phenoxy) is 1. The number of hydrogen-bond acceptors (Lipinski definition) is 1. The van der Waals surface area contributed by atoms with Crippen molar-refractivity contribution in [1.29, 1.82) is 0 Å². The van der Waals surface area contributed by atoms with Crippen molar-refractivity contribution in [2.24, 2.45) is 0 Å². The molecule has 58 valence electrons. The van der Waals surface area contributed by atoms with Crippen LogP contribution in [0.3, 0.4) is 0 Å². The molecule has 0 amide bonds. The third-order valence-corrected chi connectivity index (χ3v) is 1.68. The summed E-state index contributed by atoms with van der Waals surface area (Å²) < 4.78 is 5.03. The fraction of sp³-hybridized carbons (Fsp3) is 0.778. The Bertz CT molecular complexity index is 103. The number of hydrogen-bond donors (Lipinski definition) is 0. The van der Waals surface area contributed by atoms with Crippen LogP contribution in [0.15, 0.2) is 12.2 Å². The highest BCUT2D eigenvalue weighted by Gasteiger charge is 2.17. The first-order valence-electron chi connectivity index (χ1n) is 4.21. The molecule has 1 aliphatic heterocycles. The molecule has 1 heterocycles. The van der Waals surface area contributed by atoms with Crippen molar-refractivity contribution in [2.75, 3.05) is 6.61 Å². The molecule has 0 spiro atoms. The van der Waals surface area contributed by atoms with Crippen molar-refractivity contribution in [1.82, 2.24) is 0 Å². The zero-order chi connectivity index (χ0) is 7.23. The Morgan fingerprint density at radius 3 is 2.90 bits per heavy atom. The summed E-state index contributed by atoms with van der Waals surface area (Å²) in [6.45, 7) is 3.18. The Balaban J connectivity index is 1.83. The lowest BCUT2D eigenvalue weighted by Crippen LogP contribution is -1.75. The monoisotopic (exact) mass is 140 g/mol. The summed E-state index contributed by atoms with van der Waals surface area (Å²) >= 11 is 0. The van der Waals surface area contributed by atoms with Gasteiger partial charge in [0, 0.05) is 0 Å². The number of epoxide rings is 1. The van der Waals surface area contributed by atoms with Gasteiger partial charge in [-0.15, -0.1) is 0 Å². The smallest absolute Gasteiger partial charge is 0.0991 e. The van der Waals surface area contributed by atoms with E-state index in [0.29, 0.717) is 6.10 Å². The van der Waals surface area contributed by atoms with Crippen LogP contribution in [0.1, 0.15) is 32.6 Å². The van der Waals surface area contributed by atoms with Crippen molar-refractivity contribution in [3.8, 4) is 0 Å². The van der Waals surface area contributed by atoms with Gasteiger partial charge >= 0.3 is 0 Å². The molecule has 1 saturated heterocycles. The van der Waals surface area contributed by atoms with Gasteiger partial charge < -0.3 is 4.74 Å². The summed E-state index contributed by atoms with van der Waals surface area (Å²) in [6, 6.07) is 0. The fourth-order valence-electron chi connectivity index (χ4n) is 0.927. The van der Waals surface area contributed by atoms with Gasteiger partial charge in [-0.1, -0.05) is 31.9 Å². The third kappa shape index (κ3) is 3.67. The first kappa shape index (κ1) is 7.80. The average molecular weight is 140 g/mol. The van der Waals surface area contributed by atoms with Crippen molar-refractivity contribution in [3.63, 3.8) is 0 Å². The molecule has 1 nitrogen and oxygen atoms in total. The standard InChI is InChI=1S/C9H16O/c1-2-3-4-5-6-7-9-8-10-9/h6-7,9H,2-5,8H2,1H3/b7-6+. The first-order chi connectivity index (χ1) is 4.93. The van der Waals surface area contributed by atoms with Crippen LogP contribution in [-0.4, -0.2) is 12.7 Å². The predicted molar refractivity (Wildman–Crippen MR) is 43.0 cm³/mol. The van der Waals surface area contributed by atoms with Crippen LogP contribution < -0.4 is 0 Å². The molecule has 1 unspecified atom stereocenters. The van der Waals surface area contributed by atoms with Gasteiger partial charge in [0.15, 0.2) is 0 Å². The van der Waals surface area contributed by atoms with E-state index < -0.39 is 0 Å². The van der Waals surface area contributed by atoms with E-state index in [2.05, 4.69) is 19.1 Å². The summed E-state index contributed by atoms with van der Waals surface area (Å²) in [5.74, 6) is 0. The number of unbranched alkanes of at least 4 members (excludes halogenated alkanes) is 3. The average Bonchev–Trinajstić information content (AvgIpc) is 2.71. The van der Waals surface area contributed by atoms with E-state index in [1.54, 1.807) is 0 Å². The van der Waals surface area contributed by atoms with E-state index in [4.69, 9.17) is 4.74 Å². The van der Waals surface area contributed by atoms with Crippen molar-refractivity contribution < 1.29 is 4.74 Å². The number of allylic oxidation sites excluding steroid dienone is 1. The first-order valence-corrected chi connectivity index (χ1v) is 4.21. The van der Waals surface area contributed by atoms with Crippen LogP contribution >= 0.6 is 0 Å². The highest BCUT2D eigenvalue weighted by molar-refractivity contribution is 4.95. The zero-order valence-electron chi connectivity index (χ0n) is 6.68. The largest absolute Gasteiger partial charge is 0.369 e. The minimum atomic E-state index is 0.474. The predicted octanol–water partition coefficient (Wildman–Crippen LogP) is 2.52. The van der Waals surface area contributed by atoms with Gasteiger partial charge in [-0.2, -0.15) is 0 Å².